The second-order valence-electron chi connectivity index (χ2n) is 5.92. The Labute approximate surface area is 119 Å². The predicted molar refractivity (Wildman–Crippen MR) is 73.2 cm³/mol. The number of aliphatic hydroxyl groups is 1. The summed E-state index contributed by atoms with van der Waals surface area (Å²) < 4.78 is 11.4. The molecule has 0 aromatic carbocycles. The van der Waals surface area contributed by atoms with Gasteiger partial charge in [0.2, 0.25) is 0 Å². The van der Waals surface area contributed by atoms with Crippen LogP contribution in [0.3, 0.4) is 0 Å². The summed E-state index contributed by atoms with van der Waals surface area (Å²) in [7, 11) is 0. The van der Waals surface area contributed by atoms with Gasteiger partial charge in [-0.3, -0.25) is 9.97 Å². The Bertz CT molecular complexity index is 437. The van der Waals surface area contributed by atoms with Crippen LogP contribution in [0, 0.1) is 12.8 Å². The van der Waals surface area contributed by atoms with Crippen LogP contribution in [0.4, 0.5) is 0 Å². The summed E-state index contributed by atoms with van der Waals surface area (Å²) in [5.74, 6) is 0.193. The number of nitrogens with zero attached hydrogens (tertiary/aromatic N) is 2. The second kappa shape index (κ2) is 5.76. The Balaban J connectivity index is 1.71. The molecular formula is C15H22N2O3. The largest absolute Gasteiger partial charge is 0.386 e. The molecule has 5 nitrogen and oxygen atoms in total. The first-order valence-electron chi connectivity index (χ1n) is 7.37. The van der Waals surface area contributed by atoms with Crippen molar-refractivity contribution in [2.75, 3.05) is 19.8 Å². The fourth-order valence-corrected chi connectivity index (χ4v) is 3.22. The van der Waals surface area contributed by atoms with Gasteiger partial charge in [0.1, 0.15) is 6.10 Å². The van der Waals surface area contributed by atoms with Gasteiger partial charge in [0.05, 0.1) is 23.2 Å². The van der Waals surface area contributed by atoms with Crippen LogP contribution < -0.4 is 0 Å². The van der Waals surface area contributed by atoms with E-state index in [1.807, 2.05) is 6.92 Å². The van der Waals surface area contributed by atoms with E-state index in [0.29, 0.717) is 12.3 Å². The Morgan fingerprint density at radius 3 is 2.75 bits per heavy atom. The van der Waals surface area contributed by atoms with Gasteiger partial charge in [0.15, 0.2) is 0 Å². The molecule has 0 amide bonds. The maximum atomic E-state index is 10.6. The number of aliphatic hydroxyl groups excluding tert-OH is 1. The van der Waals surface area contributed by atoms with Crippen molar-refractivity contribution in [3.05, 3.63) is 23.8 Å². The van der Waals surface area contributed by atoms with Crippen LogP contribution in [0.1, 0.15) is 43.2 Å². The topological polar surface area (TPSA) is 64.5 Å². The maximum Gasteiger partial charge on any atom is 0.100 e. The lowest BCUT2D eigenvalue weighted by Crippen LogP contribution is -2.45. The molecule has 2 aliphatic heterocycles. The minimum atomic E-state index is -0.549. The molecule has 0 radical (unpaired) electrons. The maximum absolute atomic E-state index is 10.6. The van der Waals surface area contributed by atoms with Crippen molar-refractivity contribution in [1.82, 2.24) is 9.97 Å². The average molecular weight is 278 g/mol. The number of aromatic nitrogens is 2. The zero-order valence-corrected chi connectivity index (χ0v) is 11.9. The SMILES string of the molecule is Cc1cnc(C(O)C2CCOC3(CCOCC3)C2)cn1. The molecule has 110 valence electrons. The van der Waals surface area contributed by atoms with E-state index < -0.39 is 6.10 Å². The third-order valence-electron chi connectivity index (χ3n) is 4.49. The molecule has 1 aromatic rings. The van der Waals surface area contributed by atoms with Crippen molar-refractivity contribution in [1.29, 1.82) is 0 Å². The molecule has 1 aromatic heterocycles. The summed E-state index contributed by atoms with van der Waals surface area (Å²) in [4.78, 5) is 8.53. The molecule has 2 saturated heterocycles. The van der Waals surface area contributed by atoms with E-state index in [9.17, 15) is 5.11 Å². The molecule has 1 spiro atoms. The van der Waals surface area contributed by atoms with Gasteiger partial charge in [-0.05, 0) is 38.5 Å². The first-order chi connectivity index (χ1) is 9.69. The number of rotatable bonds is 2. The second-order valence-corrected chi connectivity index (χ2v) is 5.92. The normalized spacial score (nSPS) is 27.4. The molecule has 0 aliphatic carbocycles. The van der Waals surface area contributed by atoms with Crippen LogP contribution in [-0.4, -0.2) is 40.5 Å². The van der Waals surface area contributed by atoms with E-state index >= 15 is 0 Å². The molecule has 1 N–H and O–H groups in total. The van der Waals surface area contributed by atoms with Crippen molar-refractivity contribution in [3.8, 4) is 0 Å². The molecule has 20 heavy (non-hydrogen) atoms. The van der Waals surface area contributed by atoms with Gasteiger partial charge in [-0.15, -0.1) is 0 Å². The van der Waals surface area contributed by atoms with Crippen molar-refractivity contribution in [2.45, 2.75) is 44.3 Å². The van der Waals surface area contributed by atoms with E-state index in [1.165, 1.54) is 0 Å². The highest BCUT2D eigenvalue weighted by atomic mass is 16.5. The van der Waals surface area contributed by atoms with Gasteiger partial charge in [-0.2, -0.15) is 0 Å². The first-order valence-corrected chi connectivity index (χ1v) is 7.37. The Morgan fingerprint density at radius 1 is 1.25 bits per heavy atom. The number of ether oxygens (including phenoxy) is 2. The lowest BCUT2D eigenvalue weighted by atomic mass is 9.78. The zero-order chi connectivity index (χ0) is 14.0. The summed E-state index contributed by atoms with van der Waals surface area (Å²) in [6, 6.07) is 0. The summed E-state index contributed by atoms with van der Waals surface area (Å²) >= 11 is 0. The van der Waals surface area contributed by atoms with E-state index in [4.69, 9.17) is 9.47 Å². The lowest BCUT2D eigenvalue weighted by Gasteiger charge is -2.44. The van der Waals surface area contributed by atoms with E-state index in [2.05, 4.69) is 9.97 Å². The summed E-state index contributed by atoms with van der Waals surface area (Å²) in [5, 5.41) is 10.6. The molecule has 2 aliphatic rings. The van der Waals surface area contributed by atoms with Gasteiger partial charge in [-0.1, -0.05) is 0 Å². The van der Waals surface area contributed by atoms with Crippen LogP contribution in [0.2, 0.25) is 0 Å². The molecule has 3 heterocycles. The molecule has 2 fully saturated rings. The molecule has 0 saturated carbocycles. The lowest BCUT2D eigenvalue weighted by molar-refractivity contribution is -0.159. The Kier molecular flexibility index (Phi) is 4.01. The summed E-state index contributed by atoms with van der Waals surface area (Å²) in [5.41, 5.74) is 1.44. The van der Waals surface area contributed by atoms with Gasteiger partial charge >= 0.3 is 0 Å². The van der Waals surface area contributed by atoms with Gasteiger partial charge in [0.25, 0.3) is 0 Å². The van der Waals surface area contributed by atoms with Crippen LogP contribution in [0.5, 0.6) is 0 Å². The monoisotopic (exact) mass is 278 g/mol. The van der Waals surface area contributed by atoms with Crippen molar-refractivity contribution in [3.63, 3.8) is 0 Å². The quantitative estimate of drug-likeness (QED) is 0.893. The molecular weight excluding hydrogens is 256 g/mol. The highest BCUT2D eigenvalue weighted by Gasteiger charge is 2.41. The molecule has 2 unspecified atom stereocenters. The van der Waals surface area contributed by atoms with Crippen molar-refractivity contribution in [2.24, 2.45) is 5.92 Å². The Morgan fingerprint density at radius 2 is 2.05 bits per heavy atom. The van der Waals surface area contributed by atoms with Gasteiger partial charge in [0, 0.05) is 26.0 Å². The van der Waals surface area contributed by atoms with Crippen LogP contribution in [0.15, 0.2) is 12.4 Å². The van der Waals surface area contributed by atoms with Crippen LogP contribution in [0.25, 0.3) is 0 Å². The predicted octanol–water partition coefficient (Wildman–Crippen LogP) is 1.79. The highest BCUT2D eigenvalue weighted by molar-refractivity contribution is 5.06. The number of aryl methyl sites for hydroxylation is 1. The molecule has 5 heteroatoms. The number of hydrogen-bond acceptors (Lipinski definition) is 5. The van der Waals surface area contributed by atoms with E-state index in [-0.39, 0.29) is 11.5 Å². The third kappa shape index (κ3) is 2.85. The third-order valence-corrected chi connectivity index (χ3v) is 4.49. The van der Waals surface area contributed by atoms with Gasteiger partial charge < -0.3 is 14.6 Å². The summed E-state index contributed by atoms with van der Waals surface area (Å²) in [6.45, 7) is 4.12. The minimum Gasteiger partial charge on any atom is -0.386 e. The highest BCUT2D eigenvalue weighted by Crippen LogP contribution is 2.41. The fourth-order valence-electron chi connectivity index (χ4n) is 3.22. The first kappa shape index (κ1) is 13.9. The smallest absolute Gasteiger partial charge is 0.100 e. The molecule has 0 bridgehead atoms. The van der Waals surface area contributed by atoms with Crippen LogP contribution >= 0.6 is 0 Å². The van der Waals surface area contributed by atoms with Crippen molar-refractivity contribution < 1.29 is 14.6 Å². The van der Waals surface area contributed by atoms with Crippen molar-refractivity contribution >= 4 is 0 Å². The standard InChI is InChI=1S/C15H22N2O3/c1-11-9-17-13(10-16-11)14(18)12-2-5-20-15(8-12)3-6-19-7-4-15/h9-10,12,14,18H,2-8H2,1H3. The summed E-state index contributed by atoms with van der Waals surface area (Å²) in [6.07, 6.45) is 6.46. The van der Waals surface area contributed by atoms with E-state index in [0.717, 1.165) is 44.6 Å². The Hall–Kier alpha value is -1.04. The number of hydrogen-bond donors (Lipinski definition) is 1. The van der Waals surface area contributed by atoms with E-state index in [1.54, 1.807) is 12.4 Å². The van der Waals surface area contributed by atoms with Crippen LogP contribution in [-0.2, 0) is 9.47 Å². The fraction of sp³-hybridized carbons (Fsp3) is 0.733. The molecule has 3 rings (SSSR count). The average Bonchev–Trinajstić information content (AvgIpc) is 2.48. The van der Waals surface area contributed by atoms with Gasteiger partial charge in [-0.25, -0.2) is 0 Å². The molecule has 2 atom stereocenters. The zero-order valence-electron chi connectivity index (χ0n) is 11.9. The minimum absolute atomic E-state index is 0.0970.